The zero-order valence-electron chi connectivity index (χ0n) is 20.7. The zero-order valence-corrected chi connectivity index (χ0v) is 20.7. The molecule has 192 valence electrons. The van der Waals surface area contributed by atoms with Gasteiger partial charge in [0.25, 0.3) is 5.91 Å². The number of carbonyl (C=O) groups is 1. The first-order valence-electron chi connectivity index (χ1n) is 11.9. The van der Waals surface area contributed by atoms with Gasteiger partial charge in [0.15, 0.2) is 0 Å². The van der Waals surface area contributed by atoms with Crippen LogP contribution in [0.1, 0.15) is 40.9 Å². The van der Waals surface area contributed by atoms with Crippen molar-refractivity contribution in [1.82, 2.24) is 19.9 Å². The van der Waals surface area contributed by atoms with Crippen molar-refractivity contribution in [2.45, 2.75) is 32.2 Å². The van der Waals surface area contributed by atoms with Crippen molar-refractivity contribution in [3.05, 3.63) is 77.1 Å². The molecule has 4 heterocycles. The Morgan fingerprint density at radius 1 is 1.26 bits per heavy atom. The molecule has 5 rings (SSSR count). The minimum absolute atomic E-state index is 0.188. The minimum atomic E-state index is -1.66. The first-order valence-corrected chi connectivity index (χ1v) is 11.9. The standard InChI is InChI=1S/C27H25FN8O2/c1-27(2,38)24(28)14-33-26(37)20-13-31-22(23-6-4-18-7-15(10-29)11-34-36(18)23)9-21(20)35-17-3-5-19-16(8-17)12-32-25(19)30/h3-9,11,13,24,38H,12,14H2,1-2H3,(H2,30,32)(H,31,35)(H,33,37)/t24-/m1/s1. The molecule has 1 aliphatic rings. The molecule has 0 fully saturated rings. The first kappa shape index (κ1) is 24.9. The fourth-order valence-electron chi connectivity index (χ4n) is 4.12. The van der Waals surface area contributed by atoms with Gasteiger partial charge in [-0.05, 0) is 61.9 Å². The van der Waals surface area contributed by atoms with E-state index in [0.29, 0.717) is 46.2 Å². The average Bonchev–Trinajstić information content (AvgIpc) is 3.49. The lowest BCUT2D eigenvalue weighted by Gasteiger charge is -2.22. The smallest absolute Gasteiger partial charge is 0.255 e. The van der Waals surface area contributed by atoms with Crippen molar-refractivity contribution in [2.75, 3.05) is 11.9 Å². The molecule has 0 spiro atoms. The molecule has 0 aliphatic carbocycles. The highest BCUT2D eigenvalue weighted by molar-refractivity contribution is 6.02. The van der Waals surface area contributed by atoms with E-state index in [-0.39, 0.29) is 12.1 Å². The van der Waals surface area contributed by atoms with Crippen LogP contribution in [0, 0.1) is 11.3 Å². The number of anilines is 2. The number of alkyl halides is 1. The van der Waals surface area contributed by atoms with Crippen LogP contribution in [0.3, 0.4) is 0 Å². The van der Waals surface area contributed by atoms with E-state index in [1.54, 1.807) is 16.6 Å². The fraction of sp³-hybridized carbons (Fsp3) is 0.222. The summed E-state index contributed by atoms with van der Waals surface area (Å²) in [7, 11) is 0. The van der Waals surface area contributed by atoms with Gasteiger partial charge in [-0.3, -0.25) is 14.8 Å². The largest absolute Gasteiger partial charge is 0.387 e. The maximum absolute atomic E-state index is 14.3. The Bertz CT molecular complexity index is 1630. The number of hydrogen-bond acceptors (Lipinski definition) is 8. The van der Waals surface area contributed by atoms with E-state index < -0.39 is 17.7 Å². The van der Waals surface area contributed by atoms with Crippen LogP contribution in [0.4, 0.5) is 15.8 Å². The highest BCUT2D eigenvalue weighted by Crippen LogP contribution is 2.29. The molecule has 11 heteroatoms. The Kier molecular flexibility index (Phi) is 6.26. The number of fused-ring (bicyclic) bond motifs is 2. The van der Waals surface area contributed by atoms with Crippen LogP contribution in [0.15, 0.2) is 59.9 Å². The van der Waals surface area contributed by atoms with Gasteiger partial charge in [0.2, 0.25) is 0 Å². The summed E-state index contributed by atoms with van der Waals surface area (Å²) in [5, 5.41) is 29.2. The van der Waals surface area contributed by atoms with Crippen molar-refractivity contribution in [3.63, 3.8) is 0 Å². The van der Waals surface area contributed by atoms with Crippen molar-refractivity contribution >= 4 is 28.6 Å². The Morgan fingerprint density at radius 3 is 2.84 bits per heavy atom. The fourth-order valence-corrected chi connectivity index (χ4v) is 4.12. The van der Waals surface area contributed by atoms with Crippen molar-refractivity contribution in [3.8, 4) is 17.5 Å². The molecule has 1 aliphatic heterocycles. The lowest BCUT2D eigenvalue weighted by molar-refractivity contribution is -0.00177. The lowest BCUT2D eigenvalue weighted by atomic mass is 10.0. The number of hydrogen-bond donors (Lipinski definition) is 4. The molecule has 1 aromatic carbocycles. The van der Waals surface area contributed by atoms with E-state index in [1.807, 2.05) is 30.3 Å². The monoisotopic (exact) mass is 512 g/mol. The van der Waals surface area contributed by atoms with E-state index in [1.165, 1.54) is 26.2 Å². The Morgan fingerprint density at radius 2 is 2.08 bits per heavy atom. The molecular weight excluding hydrogens is 487 g/mol. The topological polar surface area (TPSA) is 154 Å². The minimum Gasteiger partial charge on any atom is -0.387 e. The number of aliphatic hydroxyl groups is 1. The molecule has 0 radical (unpaired) electrons. The number of aromatic nitrogens is 3. The molecule has 1 amide bonds. The predicted molar refractivity (Wildman–Crippen MR) is 141 cm³/mol. The van der Waals surface area contributed by atoms with E-state index in [2.05, 4.69) is 31.8 Å². The number of halogens is 1. The molecule has 38 heavy (non-hydrogen) atoms. The van der Waals surface area contributed by atoms with Crippen LogP contribution in [-0.2, 0) is 6.54 Å². The molecule has 3 aromatic heterocycles. The van der Waals surface area contributed by atoms with Gasteiger partial charge in [-0.15, -0.1) is 0 Å². The summed E-state index contributed by atoms with van der Waals surface area (Å²) in [5.41, 5.74) is 9.81. The number of aliphatic imine (C=N–C) groups is 1. The molecule has 0 saturated heterocycles. The van der Waals surface area contributed by atoms with E-state index in [4.69, 9.17) is 11.0 Å². The number of pyridine rings is 1. The van der Waals surface area contributed by atoms with E-state index in [0.717, 1.165) is 11.1 Å². The summed E-state index contributed by atoms with van der Waals surface area (Å²) in [5.74, 6) is -0.0680. The first-order chi connectivity index (χ1) is 18.1. The van der Waals surface area contributed by atoms with Gasteiger partial charge in [-0.25, -0.2) is 8.91 Å². The number of nitrogens with one attached hydrogen (secondary N) is 2. The highest BCUT2D eigenvalue weighted by Gasteiger charge is 2.27. The van der Waals surface area contributed by atoms with E-state index >= 15 is 0 Å². The molecule has 0 saturated carbocycles. The van der Waals surface area contributed by atoms with E-state index in [9.17, 15) is 14.3 Å². The van der Waals surface area contributed by atoms with Gasteiger partial charge in [0.1, 0.15) is 18.1 Å². The molecule has 5 N–H and O–H groups in total. The van der Waals surface area contributed by atoms with Crippen LogP contribution < -0.4 is 16.4 Å². The second kappa shape index (κ2) is 9.57. The van der Waals surface area contributed by atoms with Crippen molar-refractivity contribution < 1.29 is 14.3 Å². The summed E-state index contributed by atoms with van der Waals surface area (Å²) in [4.78, 5) is 21.8. The van der Waals surface area contributed by atoms with Gasteiger partial charge in [-0.2, -0.15) is 10.4 Å². The Labute approximate surface area is 217 Å². The quantitative estimate of drug-likeness (QED) is 0.297. The molecular formula is C27H25FN8O2. The number of amidine groups is 1. The number of nitrogens with zero attached hydrogens (tertiary/aromatic N) is 5. The number of amides is 1. The molecule has 0 bridgehead atoms. The molecule has 4 aromatic rings. The second-order valence-electron chi connectivity index (χ2n) is 9.56. The summed E-state index contributed by atoms with van der Waals surface area (Å²) >= 11 is 0. The second-order valence-corrected chi connectivity index (χ2v) is 9.56. The number of rotatable bonds is 7. The van der Waals surface area contributed by atoms with Gasteiger partial charge < -0.3 is 21.5 Å². The summed E-state index contributed by atoms with van der Waals surface area (Å²) in [6.07, 6.45) is 1.21. The van der Waals surface area contributed by atoms with Gasteiger partial charge in [0, 0.05) is 17.4 Å². The maximum atomic E-state index is 14.3. The van der Waals surface area contributed by atoms with Crippen LogP contribution in [0.25, 0.3) is 16.9 Å². The summed E-state index contributed by atoms with van der Waals surface area (Å²) in [6, 6.07) is 14.7. The van der Waals surface area contributed by atoms with Crippen molar-refractivity contribution in [1.29, 1.82) is 5.26 Å². The predicted octanol–water partition coefficient (Wildman–Crippen LogP) is 3.07. The Hall–Kier alpha value is -4.82. The number of nitriles is 1. The SMILES string of the molecule is CC(C)(O)[C@H](F)CNC(=O)c1cnc(-c2ccc3cc(C#N)cnn23)cc1Nc1ccc2c(c1)CN=C2N. The van der Waals surface area contributed by atoms with Gasteiger partial charge >= 0.3 is 0 Å². The third-order valence-corrected chi connectivity index (χ3v) is 6.33. The summed E-state index contributed by atoms with van der Waals surface area (Å²) in [6.45, 7) is 2.78. The Balaban J connectivity index is 1.51. The van der Waals surface area contributed by atoms with Gasteiger partial charge in [-0.1, -0.05) is 0 Å². The molecule has 10 nitrogen and oxygen atoms in total. The number of benzene rings is 1. The summed E-state index contributed by atoms with van der Waals surface area (Å²) < 4.78 is 15.9. The lowest BCUT2D eigenvalue weighted by Crippen LogP contribution is -2.42. The number of nitrogens with two attached hydrogens (primary N) is 1. The third-order valence-electron chi connectivity index (χ3n) is 6.33. The zero-order chi connectivity index (χ0) is 27.0. The van der Waals surface area contributed by atoms with Crippen LogP contribution in [0.5, 0.6) is 0 Å². The molecule has 1 atom stereocenters. The van der Waals surface area contributed by atoms with Crippen LogP contribution in [-0.4, -0.2) is 49.8 Å². The maximum Gasteiger partial charge on any atom is 0.255 e. The van der Waals surface area contributed by atoms with Crippen LogP contribution >= 0.6 is 0 Å². The highest BCUT2D eigenvalue weighted by atomic mass is 19.1. The van der Waals surface area contributed by atoms with Gasteiger partial charge in [0.05, 0.1) is 58.6 Å². The third kappa shape index (κ3) is 4.77. The van der Waals surface area contributed by atoms with Crippen LogP contribution in [0.2, 0.25) is 0 Å². The molecule has 0 unspecified atom stereocenters. The number of carbonyl (C=O) groups excluding carboxylic acids is 1. The normalized spacial score (nSPS) is 13.5. The average molecular weight is 513 g/mol. The van der Waals surface area contributed by atoms with Crippen molar-refractivity contribution in [2.24, 2.45) is 10.7 Å².